The van der Waals surface area contributed by atoms with E-state index >= 15 is 0 Å². The summed E-state index contributed by atoms with van der Waals surface area (Å²) in [6.45, 7) is 0. The standard InChI is InChI=1S/C54H33N5/c1-2-16-34(17-3-1)52-43-31-30-35(32-49(43)59-48-29-15-6-19-37(48)36-18-4-5-24-42(36)53(52)59)54-55-50(57-44-25-11-7-20-38(44)39-21-8-12-26-45(39)57)33-51(56-54)58-46-27-13-9-22-40(46)41-23-10-14-28-47(41)58/h1-33H. The summed E-state index contributed by atoms with van der Waals surface area (Å²) >= 11 is 0. The Hall–Kier alpha value is -8.02. The van der Waals surface area contributed by atoms with E-state index in [-0.39, 0.29) is 0 Å². The van der Waals surface area contributed by atoms with E-state index in [0.717, 1.165) is 50.3 Å². The molecule has 5 heteroatoms. The first kappa shape index (κ1) is 32.1. The van der Waals surface area contributed by atoms with Crippen LogP contribution >= 0.6 is 0 Å². The minimum absolute atomic E-state index is 0.657. The first-order valence-electron chi connectivity index (χ1n) is 20.1. The zero-order chi connectivity index (χ0) is 38.6. The highest BCUT2D eigenvalue weighted by Gasteiger charge is 2.22. The number of aromatic nitrogens is 5. The van der Waals surface area contributed by atoms with Crippen LogP contribution in [0.3, 0.4) is 0 Å². The van der Waals surface area contributed by atoms with E-state index in [0.29, 0.717) is 5.82 Å². The van der Waals surface area contributed by atoms with Gasteiger partial charge in [-0.15, -0.1) is 0 Å². The summed E-state index contributed by atoms with van der Waals surface area (Å²) in [7, 11) is 0. The van der Waals surface area contributed by atoms with Gasteiger partial charge in [0.05, 0.1) is 38.6 Å². The van der Waals surface area contributed by atoms with Crippen molar-refractivity contribution >= 4 is 81.7 Å². The predicted octanol–water partition coefficient (Wildman–Crippen LogP) is 13.7. The van der Waals surface area contributed by atoms with Crippen LogP contribution in [0, 0.1) is 0 Å². The van der Waals surface area contributed by atoms with E-state index in [1.807, 2.05) is 0 Å². The van der Waals surface area contributed by atoms with Gasteiger partial charge in [0.15, 0.2) is 5.82 Å². The average molecular weight is 752 g/mol. The predicted molar refractivity (Wildman–Crippen MR) is 245 cm³/mol. The van der Waals surface area contributed by atoms with Crippen molar-refractivity contribution in [2.75, 3.05) is 0 Å². The highest BCUT2D eigenvalue weighted by atomic mass is 15.1. The second kappa shape index (κ2) is 12.2. The minimum atomic E-state index is 0.657. The SMILES string of the molecule is c1ccc(-c2c3ccc(-c4nc(-n5c6ccccc6c6ccccc65)cc(-n5c6ccccc6c6ccccc65)n4)cc3n3c4ccccc4c4ccccc4c23)cc1. The molecule has 0 spiro atoms. The van der Waals surface area contributed by atoms with Crippen LogP contribution in [0.1, 0.15) is 0 Å². The molecule has 0 bridgehead atoms. The lowest BCUT2D eigenvalue weighted by Gasteiger charge is -2.14. The second-order valence-corrected chi connectivity index (χ2v) is 15.4. The van der Waals surface area contributed by atoms with E-state index in [1.165, 1.54) is 59.7 Å². The molecule has 8 aromatic carbocycles. The molecule has 0 saturated carbocycles. The molecule has 0 fully saturated rings. The van der Waals surface area contributed by atoms with Crippen LogP contribution in [0.2, 0.25) is 0 Å². The van der Waals surface area contributed by atoms with Crippen LogP contribution < -0.4 is 0 Å². The molecule has 274 valence electrons. The van der Waals surface area contributed by atoms with Crippen LogP contribution in [0.5, 0.6) is 0 Å². The molecule has 0 saturated heterocycles. The van der Waals surface area contributed by atoms with Crippen LogP contribution in [0.4, 0.5) is 0 Å². The zero-order valence-electron chi connectivity index (χ0n) is 31.8. The lowest BCUT2D eigenvalue weighted by Crippen LogP contribution is -2.06. The summed E-state index contributed by atoms with van der Waals surface area (Å²) in [4.78, 5) is 11.0. The molecule has 0 atom stereocenters. The van der Waals surface area contributed by atoms with Gasteiger partial charge in [-0.2, -0.15) is 0 Å². The fourth-order valence-electron chi connectivity index (χ4n) is 9.77. The van der Waals surface area contributed by atoms with E-state index in [4.69, 9.17) is 9.97 Å². The molecule has 0 amide bonds. The minimum Gasteiger partial charge on any atom is -0.308 e. The van der Waals surface area contributed by atoms with Gasteiger partial charge in [0.25, 0.3) is 0 Å². The van der Waals surface area contributed by atoms with Gasteiger partial charge in [-0.05, 0) is 47.3 Å². The number of rotatable bonds is 4. The summed E-state index contributed by atoms with van der Waals surface area (Å²) in [5.74, 6) is 2.28. The number of nitrogens with zero attached hydrogens (tertiary/aromatic N) is 5. The smallest absolute Gasteiger partial charge is 0.163 e. The molecule has 0 unspecified atom stereocenters. The van der Waals surface area contributed by atoms with Crippen molar-refractivity contribution in [3.8, 4) is 34.2 Å². The van der Waals surface area contributed by atoms with E-state index in [9.17, 15) is 0 Å². The van der Waals surface area contributed by atoms with Crippen LogP contribution in [-0.2, 0) is 0 Å². The maximum absolute atomic E-state index is 5.51. The molecule has 0 aliphatic carbocycles. The van der Waals surface area contributed by atoms with E-state index < -0.39 is 0 Å². The van der Waals surface area contributed by atoms with Crippen LogP contribution in [-0.4, -0.2) is 23.5 Å². The third-order valence-corrected chi connectivity index (χ3v) is 12.2. The van der Waals surface area contributed by atoms with E-state index in [2.05, 4.69) is 214 Å². The van der Waals surface area contributed by atoms with Crippen molar-refractivity contribution in [1.29, 1.82) is 0 Å². The Labute approximate surface area is 338 Å². The van der Waals surface area contributed by atoms with Crippen molar-refractivity contribution in [2.24, 2.45) is 0 Å². The molecule has 59 heavy (non-hydrogen) atoms. The number of benzene rings is 8. The zero-order valence-corrected chi connectivity index (χ0v) is 31.8. The molecule has 0 radical (unpaired) electrons. The number of hydrogen-bond acceptors (Lipinski definition) is 2. The number of hydrogen-bond donors (Lipinski definition) is 0. The fraction of sp³-hybridized carbons (Fsp3) is 0. The largest absolute Gasteiger partial charge is 0.308 e. The summed E-state index contributed by atoms with van der Waals surface area (Å²) in [5.41, 5.74) is 11.2. The van der Waals surface area contributed by atoms with Crippen molar-refractivity contribution in [2.45, 2.75) is 0 Å². The maximum atomic E-state index is 5.51. The monoisotopic (exact) mass is 751 g/mol. The molecule has 0 aliphatic rings. The second-order valence-electron chi connectivity index (χ2n) is 15.4. The van der Waals surface area contributed by atoms with Gasteiger partial charge in [-0.25, -0.2) is 9.97 Å². The molecule has 0 aliphatic heterocycles. The fourth-order valence-corrected chi connectivity index (χ4v) is 9.77. The Bertz CT molecular complexity index is 3610. The Balaban J connectivity index is 1.16. The highest BCUT2D eigenvalue weighted by Crippen LogP contribution is 2.43. The molecule has 0 N–H and O–H groups in total. The first-order chi connectivity index (χ1) is 29.3. The van der Waals surface area contributed by atoms with Gasteiger partial charge in [0, 0.05) is 54.9 Å². The Morgan fingerprint density at radius 2 is 0.712 bits per heavy atom. The normalized spacial score (nSPS) is 12.1. The first-order valence-corrected chi connectivity index (χ1v) is 20.1. The summed E-state index contributed by atoms with van der Waals surface area (Å²) in [6.07, 6.45) is 0. The molecule has 5 heterocycles. The topological polar surface area (TPSA) is 40.0 Å². The highest BCUT2D eigenvalue weighted by molar-refractivity contribution is 6.22. The molecule has 5 aromatic heterocycles. The van der Waals surface area contributed by atoms with Crippen LogP contribution in [0.25, 0.3) is 116 Å². The Morgan fingerprint density at radius 3 is 1.24 bits per heavy atom. The average Bonchev–Trinajstić information content (AvgIpc) is 3.95. The molecule has 13 rings (SSSR count). The summed E-state index contributed by atoms with van der Waals surface area (Å²) < 4.78 is 7.06. The maximum Gasteiger partial charge on any atom is 0.163 e. The van der Waals surface area contributed by atoms with Crippen molar-refractivity contribution in [1.82, 2.24) is 23.5 Å². The molecular formula is C54H33N5. The van der Waals surface area contributed by atoms with Crippen molar-refractivity contribution < 1.29 is 0 Å². The van der Waals surface area contributed by atoms with Gasteiger partial charge in [0.1, 0.15) is 11.6 Å². The van der Waals surface area contributed by atoms with Crippen molar-refractivity contribution in [3.05, 3.63) is 200 Å². The van der Waals surface area contributed by atoms with E-state index in [1.54, 1.807) is 0 Å². The third-order valence-electron chi connectivity index (χ3n) is 12.2. The number of pyridine rings is 1. The van der Waals surface area contributed by atoms with Crippen molar-refractivity contribution in [3.63, 3.8) is 0 Å². The lowest BCUT2D eigenvalue weighted by atomic mass is 9.98. The third kappa shape index (κ3) is 4.55. The lowest BCUT2D eigenvalue weighted by molar-refractivity contribution is 0.994. The Kier molecular flexibility index (Phi) is 6.66. The number of para-hydroxylation sites is 5. The van der Waals surface area contributed by atoms with Gasteiger partial charge >= 0.3 is 0 Å². The molecule has 5 nitrogen and oxygen atoms in total. The summed E-state index contributed by atoms with van der Waals surface area (Å²) in [6, 6.07) is 71.8. The quantitative estimate of drug-likeness (QED) is 0.168. The van der Waals surface area contributed by atoms with Gasteiger partial charge in [-0.1, -0.05) is 158 Å². The summed E-state index contributed by atoms with van der Waals surface area (Å²) in [5, 5.41) is 9.63. The van der Waals surface area contributed by atoms with Gasteiger partial charge in [0.2, 0.25) is 0 Å². The van der Waals surface area contributed by atoms with Crippen LogP contribution in [0.15, 0.2) is 200 Å². The number of fused-ring (bicyclic) bond motifs is 14. The van der Waals surface area contributed by atoms with Gasteiger partial charge in [-0.3, -0.25) is 9.13 Å². The Morgan fingerprint density at radius 1 is 0.288 bits per heavy atom. The van der Waals surface area contributed by atoms with Gasteiger partial charge < -0.3 is 4.40 Å². The molecular weight excluding hydrogens is 719 g/mol. The molecule has 13 aromatic rings.